The predicted molar refractivity (Wildman–Crippen MR) is 120 cm³/mol. The van der Waals surface area contributed by atoms with Crippen LogP contribution in [0.25, 0.3) is 0 Å². The highest BCUT2D eigenvalue weighted by molar-refractivity contribution is 5.86. The molecule has 0 aromatic heterocycles. The number of likely N-dealkylation sites (tertiary alicyclic amines) is 1. The summed E-state index contributed by atoms with van der Waals surface area (Å²) < 4.78 is 5.58. The van der Waals surface area contributed by atoms with E-state index in [9.17, 15) is 4.79 Å². The Morgan fingerprint density at radius 2 is 1.53 bits per heavy atom. The largest absolute Gasteiger partial charge is 0.379 e. The topological polar surface area (TPSA) is 44.8 Å². The van der Waals surface area contributed by atoms with Crippen LogP contribution in [-0.2, 0) is 9.53 Å². The Balaban J connectivity index is 1.49. The average molecular weight is 414 g/mol. The second-order valence-corrected chi connectivity index (χ2v) is 9.28. The van der Waals surface area contributed by atoms with Gasteiger partial charge in [0.25, 0.3) is 0 Å². The highest BCUT2D eigenvalue weighted by Gasteiger charge is 2.45. The molecule has 5 nitrogen and oxygen atoms in total. The van der Waals surface area contributed by atoms with Crippen molar-refractivity contribution >= 4 is 5.91 Å². The van der Waals surface area contributed by atoms with Crippen LogP contribution in [0.3, 0.4) is 0 Å². The van der Waals surface area contributed by atoms with Crippen molar-refractivity contribution in [1.29, 1.82) is 0 Å². The molecule has 0 bridgehead atoms. The fourth-order valence-electron chi connectivity index (χ4n) is 5.71. The summed E-state index contributed by atoms with van der Waals surface area (Å²) in [4.78, 5) is 18.7. The van der Waals surface area contributed by atoms with Crippen LogP contribution in [0.2, 0.25) is 0 Å². The van der Waals surface area contributed by atoms with Crippen LogP contribution in [0.4, 0.5) is 0 Å². The Morgan fingerprint density at radius 1 is 0.900 bits per heavy atom. The lowest BCUT2D eigenvalue weighted by atomic mass is 9.79. The van der Waals surface area contributed by atoms with Crippen LogP contribution in [0.5, 0.6) is 0 Å². The molecule has 1 saturated carbocycles. The van der Waals surface area contributed by atoms with Gasteiger partial charge in [0.2, 0.25) is 5.91 Å². The second-order valence-electron chi connectivity index (χ2n) is 9.28. The minimum Gasteiger partial charge on any atom is -0.379 e. The molecule has 3 fully saturated rings. The average Bonchev–Trinajstić information content (AvgIpc) is 3.10. The number of morpholine rings is 1. The van der Waals surface area contributed by atoms with E-state index in [1.807, 2.05) is 0 Å². The second kappa shape index (κ2) is 10.7. The molecule has 0 spiro atoms. The van der Waals surface area contributed by atoms with E-state index in [-0.39, 0.29) is 17.5 Å². The lowest BCUT2D eigenvalue weighted by Crippen LogP contribution is -2.62. The molecule has 4 rings (SSSR count). The smallest absolute Gasteiger partial charge is 0.240 e. The lowest BCUT2D eigenvalue weighted by molar-refractivity contribution is -0.140. The molecule has 0 unspecified atom stereocenters. The number of nitrogens with zero attached hydrogens (tertiary/aromatic N) is 2. The molecule has 30 heavy (non-hydrogen) atoms. The molecule has 1 aromatic rings. The Labute approximate surface area is 182 Å². The molecule has 1 N–H and O–H groups in total. The van der Waals surface area contributed by atoms with E-state index in [1.165, 1.54) is 37.7 Å². The first kappa shape index (κ1) is 21.8. The van der Waals surface area contributed by atoms with Crippen LogP contribution >= 0.6 is 0 Å². The summed E-state index contributed by atoms with van der Waals surface area (Å²) in [5, 5.41) is 3.44. The number of hydrogen-bond donors (Lipinski definition) is 1. The number of carbonyl (C=O) groups is 1. The van der Waals surface area contributed by atoms with Gasteiger partial charge in [-0.1, -0.05) is 62.4 Å². The van der Waals surface area contributed by atoms with Gasteiger partial charge in [-0.05, 0) is 44.3 Å². The first-order valence-corrected chi connectivity index (χ1v) is 12.2. The van der Waals surface area contributed by atoms with E-state index in [4.69, 9.17) is 4.74 Å². The van der Waals surface area contributed by atoms with Gasteiger partial charge in [-0.15, -0.1) is 0 Å². The Hall–Kier alpha value is -1.43. The number of ether oxygens (including phenoxy) is 1. The van der Waals surface area contributed by atoms with E-state index in [0.717, 1.165) is 65.1 Å². The maximum Gasteiger partial charge on any atom is 0.240 e. The molecule has 166 valence electrons. The number of nitrogens with one attached hydrogen (secondary N) is 1. The zero-order valence-corrected chi connectivity index (χ0v) is 18.5. The summed E-state index contributed by atoms with van der Waals surface area (Å²) in [6, 6.07) is 11.0. The van der Waals surface area contributed by atoms with Crippen molar-refractivity contribution < 1.29 is 9.53 Å². The van der Waals surface area contributed by atoms with Gasteiger partial charge in [0.05, 0.1) is 19.3 Å². The zero-order chi connectivity index (χ0) is 20.7. The van der Waals surface area contributed by atoms with Crippen molar-refractivity contribution in [3.05, 3.63) is 35.9 Å². The SMILES string of the molecule is O=C(NC[C@@H](c1ccccc1)N1CCCCCC1)C1(N2CCOCC2)CCCCC1. The van der Waals surface area contributed by atoms with Gasteiger partial charge in [-0.2, -0.15) is 0 Å². The molecule has 2 aliphatic heterocycles. The predicted octanol–water partition coefficient (Wildman–Crippen LogP) is 3.76. The molecular formula is C25H39N3O2. The molecule has 1 aliphatic carbocycles. The summed E-state index contributed by atoms with van der Waals surface area (Å²) in [5.74, 6) is 0.250. The molecular weight excluding hydrogens is 374 g/mol. The van der Waals surface area contributed by atoms with Crippen molar-refractivity contribution in [2.24, 2.45) is 0 Å². The third-order valence-electron chi connectivity index (χ3n) is 7.44. The normalized spacial score (nSPS) is 24.7. The lowest BCUT2D eigenvalue weighted by Gasteiger charge is -2.46. The van der Waals surface area contributed by atoms with Crippen molar-refractivity contribution in [1.82, 2.24) is 15.1 Å². The van der Waals surface area contributed by atoms with Gasteiger partial charge in [-0.3, -0.25) is 14.6 Å². The molecule has 1 aromatic carbocycles. The maximum absolute atomic E-state index is 13.7. The third-order valence-corrected chi connectivity index (χ3v) is 7.44. The minimum absolute atomic E-state index is 0.250. The highest BCUT2D eigenvalue weighted by Crippen LogP contribution is 2.35. The van der Waals surface area contributed by atoms with Crippen molar-refractivity contribution in [3.8, 4) is 0 Å². The maximum atomic E-state index is 13.7. The molecule has 2 heterocycles. The fraction of sp³-hybridized carbons (Fsp3) is 0.720. The quantitative estimate of drug-likeness (QED) is 0.771. The minimum atomic E-state index is -0.331. The first-order chi connectivity index (χ1) is 14.8. The Bertz CT molecular complexity index is 646. The Kier molecular flexibility index (Phi) is 7.80. The van der Waals surface area contributed by atoms with Gasteiger partial charge in [0, 0.05) is 19.6 Å². The standard InChI is InChI=1S/C25H39N3O2/c29-24(25(13-7-4-8-14-25)28-17-19-30-20-18-28)26-21-23(22-11-5-3-6-12-22)27-15-9-1-2-10-16-27/h3,5-6,11-12,23H,1-2,4,7-10,13-21H2,(H,26,29)/t23-/m0/s1. The molecule has 5 heteroatoms. The summed E-state index contributed by atoms with van der Waals surface area (Å²) in [6.07, 6.45) is 10.7. The van der Waals surface area contributed by atoms with Crippen LogP contribution in [0, 0.1) is 0 Å². The molecule has 0 radical (unpaired) electrons. The van der Waals surface area contributed by atoms with E-state index in [0.29, 0.717) is 6.54 Å². The van der Waals surface area contributed by atoms with Crippen LogP contribution in [0.15, 0.2) is 30.3 Å². The monoisotopic (exact) mass is 413 g/mol. The van der Waals surface area contributed by atoms with E-state index >= 15 is 0 Å². The van der Waals surface area contributed by atoms with E-state index < -0.39 is 0 Å². The number of rotatable bonds is 6. The van der Waals surface area contributed by atoms with E-state index in [2.05, 4.69) is 45.4 Å². The van der Waals surface area contributed by atoms with Gasteiger partial charge in [0.15, 0.2) is 0 Å². The van der Waals surface area contributed by atoms with Crippen molar-refractivity contribution in [3.63, 3.8) is 0 Å². The van der Waals surface area contributed by atoms with Crippen LogP contribution < -0.4 is 5.32 Å². The molecule has 3 aliphatic rings. The molecule has 1 atom stereocenters. The van der Waals surface area contributed by atoms with Crippen molar-refractivity contribution in [2.45, 2.75) is 69.4 Å². The van der Waals surface area contributed by atoms with E-state index in [1.54, 1.807) is 0 Å². The number of benzene rings is 1. The van der Waals surface area contributed by atoms with Crippen LogP contribution in [-0.4, -0.2) is 67.2 Å². The first-order valence-electron chi connectivity index (χ1n) is 12.2. The fourth-order valence-corrected chi connectivity index (χ4v) is 5.71. The summed E-state index contributed by atoms with van der Waals surface area (Å²) >= 11 is 0. The zero-order valence-electron chi connectivity index (χ0n) is 18.5. The molecule has 1 amide bonds. The number of amides is 1. The highest BCUT2D eigenvalue weighted by atomic mass is 16.5. The number of carbonyl (C=O) groups excluding carboxylic acids is 1. The Morgan fingerprint density at radius 3 is 2.20 bits per heavy atom. The van der Waals surface area contributed by atoms with Gasteiger partial charge in [-0.25, -0.2) is 0 Å². The van der Waals surface area contributed by atoms with Gasteiger partial charge >= 0.3 is 0 Å². The van der Waals surface area contributed by atoms with Gasteiger partial charge < -0.3 is 10.1 Å². The third kappa shape index (κ3) is 5.06. The van der Waals surface area contributed by atoms with Gasteiger partial charge in [0.1, 0.15) is 5.54 Å². The summed E-state index contributed by atoms with van der Waals surface area (Å²) in [6.45, 7) is 6.21. The molecule has 2 saturated heterocycles. The number of hydrogen-bond acceptors (Lipinski definition) is 4. The van der Waals surface area contributed by atoms with Crippen LogP contribution in [0.1, 0.15) is 69.4 Å². The summed E-state index contributed by atoms with van der Waals surface area (Å²) in [7, 11) is 0. The summed E-state index contributed by atoms with van der Waals surface area (Å²) in [5.41, 5.74) is 0.992. The van der Waals surface area contributed by atoms with Crippen molar-refractivity contribution in [2.75, 3.05) is 45.9 Å².